The molecule has 1 atom stereocenters. The first-order chi connectivity index (χ1) is 16.5. The molecule has 0 saturated carbocycles. The standard InChI is InChI=1S/C22H23F3N4O4S2/c1-14-17(26-9-8-19(14)33-13-22(23,24)25)12-35(32)20-27-16-6-4-5-7-18(16)29(20)21(31)28(3)10-11-34-15(2)30/h4-9H,10-13H2,1-3H3/t35-/m1/s1. The molecule has 0 saturated heterocycles. The van der Waals surface area contributed by atoms with Gasteiger partial charge in [0.05, 0.1) is 16.7 Å². The largest absolute Gasteiger partial charge is 0.609 e. The Labute approximate surface area is 207 Å². The summed E-state index contributed by atoms with van der Waals surface area (Å²) in [6, 6.07) is 7.64. The van der Waals surface area contributed by atoms with Crippen molar-refractivity contribution >= 4 is 45.1 Å². The van der Waals surface area contributed by atoms with Gasteiger partial charge in [-0.1, -0.05) is 23.9 Å². The minimum atomic E-state index is -4.50. The highest BCUT2D eigenvalue weighted by atomic mass is 32.2. The predicted octanol–water partition coefficient (Wildman–Crippen LogP) is 4.17. The summed E-state index contributed by atoms with van der Waals surface area (Å²) >= 11 is -0.773. The van der Waals surface area contributed by atoms with Crippen LogP contribution in [0.15, 0.2) is 41.7 Å². The molecule has 188 valence electrons. The molecule has 3 rings (SSSR count). The van der Waals surface area contributed by atoms with Crippen LogP contribution in [0.3, 0.4) is 0 Å². The zero-order valence-electron chi connectivity index (χ0n) is 19.2. The van der Waals surface area contributed by atoms with E-state index in [2.05, 4.69) is 9.97 Å². The topological polar surface area (TPSA) is 100 Å². The molecule has 8 nitrogen and oxygen atoms in total. The van der Waals surface area contributed by atoms with Gasteiger partial charge in [0.15, 0.2) is 17.5 Å². The Morgan fingerprint density at radius 2 is 1.97 bits per heavy atom. The van der Waals surface area contributed by atoms with E-state index in [1.165, 1.54) is 35.6 Å². The van der Waals surface area contributed by atoms with Crippen molar-refractivity contribution in [1.29, 1.82) is 0 Å². The van der Waals surface area contributed by atoms with E-state index in [9.17, 15) is 27.3 Å². The maximum Gasteiger partial charge on any atom is 0.422 e. The van der Waals surface area contributed by atoms with Crippen LogP contribution in [0.25, 0.3) is 11.0 Å². The van der Waals surface area contributed by atoms with Gasteiger partial charge in [0.2, 0.25) is 0 Å². The highest BCUT2D eigenvalue weighted by Crippen LogP contribution is 2.27. The summed E-state index contributed by atoms with van der Waals surface area (Å²) in [6.45, 7) is 1.79. The fourth-order valence-electron chi connectivity index (χ4n) is 3.14. The van der Waals surface area contributed by atoms with Gasteiger partial charge in [0.25, 0.3) is 0 Å². The van der Waals surface area contributed by atoms with Crippen molar-refractivity contribution in [2.24, 2.45) is 0 Å². The van der Waals surface area contributed by atoms with Gasteiger partial charge in [0.1, 0.15) is 5.75 Å². The quantitative estimate of drug-likeness (QED) is 0.405. The van der Waals surface area contributed by atoms with Crippen LogP contribution in [0.2, 0.25) is 0 Å². The Kier molecular flexibility index (Phi) is 8.67. The van der Waals surface area contributed by atoms with Crippen LogP contribution in [-0.2, 0) is 21.7 Å². The number of fused-ring (bicyclic) bond motifs is 1. The van der Waals surface area contributed by atoms with Crippen molar-refractivity contribution in [3.63, 3.8) is 0 Å². The number of benzene rings is 1. The fourth-order valence-corrected chi connectivity index (χ4v) is 5.04. The van der Waals surface area contributed by atoms with E-state index in [-0.39, 0.29) is 34.0 Å². The lowest BCUT2D eigenvalue weighted by atomic mass is 10.2. The number of aromatic nitrogens is 3. The van der Waals surface area contributed by atoms with E-state index in [1.54, 1.807) is 31.3 Å². The third-order valence-electron chi connectivity index (χ3n) is 4.90. The molecule has 2 heterocycles. The highest BCUT2D eigenvalue weighted by molar-refractivity contribution is 8.13. The molecule has 0 aliphatic carbocycles. The number of amides is 1. The van der Waals surface area contributed by atoms with Crippen molar-refractivity contribution in [2.45, 2.75) is 30.9 Å². The number of hydrogen-bond donors (Lipinski definition) is 0. The minimum absolute atomic E-state index is 0.00918. The van der Waals surface area contributed by atoms with Crippen molar-refractivity contribution in [3.8, 4) is 5.75 Å². The summed E-state index contributed by atoms with van der Waals surface area (Å²) in [6.07, 6.45) is -3.22. The second kappa shape index (κ2) is 11.3. The summed E-state index contributed by atoms with van der Waals surface area (Å²) in [5, 5.41) is -0.0740. The SMILES string of the molecule is CC(=O)SCCN(C)C(=O)n1c([S@+]([O-])Cc2nccc(OCC(F)(F)F)c2C)nc2ccccc21. The molecule has 35 heavy (non-hydrogen) atoms. The van der Waals surface area contributed by atoms with Crippen molar-refractivity contribution in [1.82, 2.24) is 19.4 Å². The number of halogens is 3. The number of para-hydroxylation sites is 2. The monoisotopic (exact) mass is 528 g/mol. The molecule has 3 aromatic rings. The Morgan fingerprint density at radius 1 is 1.26 bits per heavy atom. The van der Waals surface area contributed by atoms with E-state index in [1.807, 2.05) is 0 Å². The molecule has 1 amide bonds. The summed E-state index contributed by atoms with van der Waals surface area (Å²) in [4.78, 5) is 34.4. The maximum atomic E-state index is 13.4. The van der Waals surface area contributed by atoms with Crippen LogP contribution < -0.4 is 4.74 Å². The van der Waals surface area contributed by atoms with E-state index in [0.29, 0.717) is 22.3 Å². The van der Waals surface area contributed by atoms with Gasteiger partial charge >= 0.3 is 17.4 Å². The predicted molar refractivity (Wildman–Crippen MR) is 127 cm³/mol. The van der Waals surface area contributed by atoms with Crippen LogP contribution in [0.1, 0.15) is 18.2 Å². The molecule has 0 fully saturated rings. The molecule has 0 aliphatic rings. The van der Waals surface area contributed by atoms with Crippen LogP contribution >= 0.6 is 11.8 Å². The Morgan fingerprint density at radius 3 is 2.66 bits per heavy atom. The van der Waals surface area contributed by atoms with E-state index < -0.39 is 30.0 Å². The summed E-state index contributed by atoms with van der Waals surface area (Å²) in [5.41, 5.74) is 1.50. The molecule has 1 aromatic carbocycles. The molecule has 0 N–H and O–H groups in total. The van der Waals surface area contributed by atoms with Crippen molar-refractivity contribution < 1.29 is 32.0 Å². The van der Waals surface area contributed by atoms with E-state index in [4.69, 9.17) is 4.74 Å². The molecule has 0 unspecified atom stereocenters. The van der Waals surface area contributed by atoms with Gasteiger partial charge in [-0.2, -0.15) is 18.2 Å². The Bertz CT molecular complexity index is 1220. The normalized spacial score (nSPS) is 12.5. The van der Waals surface area contributed by atoms with Gasteiger partial charge in [-0.15, -0.1) is 0 Å². The number of hydrogen-bond acceptors (Lipinski definition) is 7. The van der Waals surface area contributed by atoms with Crippen molar-refractivity contribution in [2.75, 3.05) is 26.0 Å². The molecule has 0 spiro atoms. The van der Waals surface area contributed by atoms with E-state index >= 15 is 0 Å². The average Bonchev–Trinajstić information content (AvgIpc) is 3.18. The summed E-state index contributed by atoms with van der Waals surface area (Å²) in [7, 11) is 1.57. The third-order valence-corrected chi connectivity index (χ3v) is 6.91. The number of thioether (sulfide) groups is 1. The number of carbonyl (C=O) groups is 2. The second-order valence-electron chi connectivity index (χ2n) is 7.54. The molecule has 0 aliphatic heterocycles. The smallest absolute Gasteiger partial charge is 0.422 e. The zero-order valence-corrected chi connectivity index (χ0v) is 20.8. The van der Waals surface area contributed by atoms with Crippen molar-refractivity contribution in [3.05, 3.63) is 47.8 Å². The lowest BCUT2D eigenvalue weighted by Gasteiger charge is -2.19. The second-order valence-corrected chi connectivity index (χ2v) is 10.2. The molecular formula is C22H23F3N4O4S2. The first kappa shape index (κ1) is 26.8. The van der Waals surface area contributed by atoms with E-state index in [0.717, 1.165) is 11.8 Å². The Hall–Kier alpha value is -2.77. The van der Waals surface area contributed by atoms with Gasteiger partial charge in [0, 0.05) is 49.2 Å². The van der Waals surface area contributed by atoms with Gasteiger partial charge < -0.3 is 14.2 Å². The fraction of sp³-hybridized carbons (Fsp3) is 0.364. The number of nitrogens with zero attached hydrogens (tertiary/aromatic N) is 4. The summed E-state index contributed by atoms with van der Waals surface area (Å²) < 4.78 is 57.1. The lowest BCUT2D eigenvalue weighted by molar-refractivity contribution is -0.153. The summed E-state index contributed by atoms with van der Waals surface area (Å²) in [5.74, 6) is 0.197. The number of imidazole rings is 1. The lowest BCUT2D eigenvalue weighted by Crippen LogP contribution is -2.34. The van der Waals surface area contributed by atoms with Gasteiger partial charge in [-0.25, -0.2) is 9.36 Å². The minimum Gasteiger partial charge on any atom is -0.609 e. The molecule has 13 heteroatoms. The Balaban J connectivity index is 1.88. The van der Waals surface area contributed by atoms with Crippen LogP contribution in [0.4, 0.5) is 18.0 Å². The highest BCUT2D eigenvalue weighted by Gasteiger charge is 2.31. The zero-order chi connectivity index (χ0) is 25.8. The number of alkyl halides is 3. The molecule has 0 bridgehead atoms. The number of pyridine rings is 1. The number of carbonyl (C=O) groups excluding carboxylic acids is 2. The van der Waals surface area contributed by atoms with Gasteiger partial charge in [-0.3, -0.25) is 9.78 Å². The maximum absolute atomic E-state index is 13.4. The third kappa shape index (κ3) is 6.89. The van der Waals surface area contributed by atoms with Gasteiger partial charge in [-0.05, 0) is 25.1 Å². The molecule has 2 aromatic heterocycles. The number of rotatable bonds is 8. The first-order valence-corrected chi connectivity index (χ1v) is 12.7. The average molecular weight is 529 g/mol. The van der Waals surface area contributed by atoms with Crippen LogP contribution in [-0.4, -0.2) is 67.3 Å². The number of ether oxygens (including phenoxy) is 1. The van der Waals surface area contributed by atoms with Crippen LogP contribution in [0, 0.1) is 6.92 Å². The molecular weight excluding hydrogens is 505 g/mol. The van der Waals surface area contributed by atoms with Crippen LogP contribution in [0.5, 0.6) is 5.75 Å². The molecule has 0 radical (unpaired) electrons. The first-order valence-electron chi connectivity index (χ1n) is 10.4.